The minimum atomic E-state index is 0.668. The van der Waals surface area contributed by atoms with Crippen LogP contribution in [-0.2, 0) is 6.54 Å². The molecular formula is C16H28N4. The molecule has 2 rings (SSSR count). The first-order valence-corrected chi connectivity index (χ1v) is 8.00. The lowest BCUT2D eigenvalue weighted by Crippen LogP contribution is -2.28. The maximum atomic E-state index is 4.43. The summed E-state index contributed by atoms with van der Waals surface area (Å²) >= 11 is 0. The normalized spacial score (nSPS) is 14.8. The minimum Gasteiger partial charge on any atom is -0.352 e. The molecule has 1 aliphatic rings. The molecule has 0 aliphatic heterocycles. The summed E-state index contributed by atoms with van der Waals surface area (Å²) in [5.41, 5.74) is 1.03. The van der Waals surface area contributed by atoms with Crippen LogP contribution in [0.4, 0.5) is 5.82 Å². The van der Waals surface area contributed by atoms with E-state index in [1.54, 1.807) is 0 Å². The summed E-state index contributed by atoms with van der Waals surface area (Å²) in [4.78, 5) is 2.43. The predicted molar refractivity (Wildman–Crippen MR) is 83.9 cm³/mol. The van der Waals surface area contributed by atoms with Crippen molar-refractivity contribution in [3.63, 3.8) is 0 Å². The second kappa shape index (κ2) is 7.58. The van der Waals surface area contributed by atoms with Gasteiger partial charge in [0.1, 0.15) is 0 Å². The maximum absolute atomic E-state index is 4.43. The highest BCUT2D eigenvalue weighted by Crippen LogP contribution is 2.30. The first kappa shape index (κ1) is 15.2. The van der Waals surface area contributed by atoms with Gasteiger partial charge in [0.05, 0.1) is 5.69 Å². The van der Waals surface area contributed by atoms with Crippen LogP contribution in [0.2, 0.25) is 0 Å². The third-order valence-corrected chi connectivity index (χ3v) is 3.60. The van der Waals surface area contributed by atoms with Crippen molar-refractivity contribution in [1.29, 1.82) is 0 Å². The zero-order chi connectivity index (χ0) is 14.4. The van der Waals surface area contributed by atoms with Gasteiger partial charge in [0.15, 0.2) is 5.82 Å². The summed E-state index contributed by atoms with van der Waals surface area (Å²) in [6.45, 7) is 9.60. The third kappa shape index (κ3) is 4.75. The van der Waals surface area contributed by atoms with E-state index in [4.69, 9.17) is 0 Å². The van der Waals surface area contributed by atoms with Crippen molar-refractivity contribution in [2.75, 3.05) is 18.0 Å². The lowest BCUT2D eigenvalue weighted by molar-refractivity contribution is 0.546. The quantitative estimate of drug-likeness (QED) is 0.753. The first-order chi connectivity index (χ1) is 9.70. The van der Waals surface area contributed by atoms with E-state index in [1.807, 2.05) is 0 Å². The summed E-state index contributed by atoms with van der Waals surface area (Å²) in [5, 5.41) is 12.2. The van der Waals surface area contributed by atoms with Gasteiger partial charge < -0.3 is 10.2 Å². The summed E-state index contributed by atoms with van der Waals surface area (Å²) in [6, 6.07) is 4.95. The maximum Gasteiger partial charge on any atom is 0.151 e. The Labute approximate surface area is 123 Å². The molecule has 1 heterocycles. The molecule has 0 unspecified atom stereocenters. The highest BCUT2D eigenvalue weighted by Gasteiger charge is 2.29. The molecule has 0 spiro atoms. The lowest BCUT2D eigenvalue weighted by Gasteiger charge is -2.22. The Morgan fingerprint density at radius 1 is 1.30 bits per heavy atom. The number of nitrogens with zero attached hydrogens (tertiary/aromatic N) is 3. The van der Waals surface area contributed by atoms with Crippen molar-refractivity contribution in [2.24, 2.45) is 5.92 Å². The van der Waals surface area contributed by atoms with Crippen LogP contribution in [0.1, 0.15) is 52.1 Å². The third-order valence-electron chi connectivity index (χ3n) is 3.60. The fourth-order valence-corrected chi connectivity index (χ4v) is 2.29. The molecule has 0 atom stereocenters. The molecule has 4 nitrogen and oxygen atoms in total. The molecule has 4 heteroatoms. The van der Waals surface area contributed by atoms with E-state index in [0.29, 0.717) is 12.0 Å². The predicted octanol–water partition coefficient (Wildman–Crippen LogP) is 2.99. The zero-order valence-electron chi connectivity index (χ0n) is 13.1. The fourth-order valence-electron chi connectivity index (χ4n) is 2.29. The molecule has 1 aliphatic carbocycles. The fraction of sp³-hybridized carbons (Fsp3) is 0.750. The Morgan fingerprint density at radius 3 is 2.65 bits per heavy atom. The number of nitrogens with one attached hydrogen (secondary N) is 1. The molecule has 20 heavy (non-hydrogen) atoms. The van der Waals surface area contributed by atoms with Crippen molar-refractivity contribution in [3.8, 4) is 0 Å². The van der Waals surface area contributed by atoms with E-state index < -0.39 is 0 Å². The molecule has 0 saturated heterocycles. The van der Waals surface area contributed by atoms with Crippen molar-refractivity contribution in [3.05, 3.63) is 17.8 Å². The van der Waals surface area contributed by atoms with Gasteiger partial charge in [0.2, 0.25) is 0 Å². The largest absolute Gasteiger partial charge is 0.352 e. The summed E-state index contributed by atoms with van der Waals surface area (Å²) in [6.07, 6.45) is 5.08. The minimum absolute atomic E-state index is 0.668. The van der Waals surface area contributed by atoms with Crippen LogP contribution in [0.15, 0.2) is 12.1 Å². The molecular weight excluding hydrogens is 248 g/mol. The number of hydrogen-bond donors (Lipinski definition) is 1. The van der Waals surface area contributed by atoms with E-state index in [2.05, 4.69) is 53.3 Å². The number of unbranched alkanes of at least 4 members (excludes halogenated alkanes) is 1. The zero-order valence-corrected chi connectivity index (χ0v) is 13.1. The molecule has 112 valence electrons. The van der Waals surface area contributed by atoms with Crippen LogP contribution in [0.3, 0.4) is 0 Å². The van der Waals surface area contributed by atoms with E-state index in [0.717, 1.165) is 31.1 Å². The molecule has 0 bridgehead atoms. The Kier molecular flexibility index (Phi) is 5.77. The highest BCUT2D eigenvalue weighted by molar-refractivity contribution is 5.40. The monoisotopic (exact) mass is 276 g/mol. The van der Waals surface area contributed by atoms with Crippen molar-refractivity contribution < 1.29 is 0 Å². The van der Waals surface area contributed by atoms with Crippen molar-refractivity contribution >= 4 is 5.82 Å². The van der Waals surface area contributed by atoms with E-state index >= 15 is 0 Å². The molecule has 1 N–H and O–H groups in total. The summed E-state index contributed by atoms with van der Waals surface area (Å²) < 4.78 is 0. The van der Waals surface area contributed by atoms with Crippen LogP contribution in [0.25, 0.3) is 0 Å². The molecule has 0 amide bonds. The Bertz CT molecular complexity index is 384. The van der Waals surface area contributed by atoms with Gasteiger partial charge in [-0.3, -0.25) is 0 Å². The lowest BCUT2D eigenvalue weighted by atomic mass is 10.2. The van der Waals surface area contributed by atoms with Gasteiger partial charge in [0.25, 0.3) is 0 Å². The first-order valence-electron chi connectivity index (χ1n) is 8.00. The Morgan fingerprint density at radius 2 is 2.10 bits per heavy atom. The molecule has 1 aromatic rings. The molecule has 0 radical (unpaired) electrons. The van der Waals surface area contributed by atoms with Gasteiger partial charge in [-0.15, -0.1) is 5.10 Å². The second-order valence-corrected chi connectivity index (χ2v) is 6.19. The van der Waals surface area contributed by atoms with Gasteiger partial charge in [0, 0.05) is 19.1 Å². The second-order valence-electron chi connectivity index (χ2n) is 6.19. The number of aromatic nitrogens is 2. The average Bonchev–Trinajstić information content (AvgIpc) is 3.25. The van der Waals surface area contributed by atoms with Gasteiger partial charge >= 0.3 is 0 Å². The van der Waals surface area contributed by atoms with Gasteiger partial charge in [-0.1, -0.05) is 27.2 Å². The molecule has 1 fully saturated rings. The van der Waals surface area contributed by atoms with Crippen LogP contribution in [0.5, 0.6) is 0 Å². The Balaban J connectivity index is 1.88. The number of rotatable bonds is 9. The Hall–Kier alpha value is -1.16. The average molecular weight is 276 g/mol. The van der Waals surface area contributed by atoms with Crippen LogP contribution < -0.4 is 10.2 Å². The summed E-state index contributed by atoms with van der Waals surface area (Å²) in [5.74, 6) is 1.72. The topological polar surface area (TPSA) is 41.0 Å². The SMILES string of the molecule is CCCCN(c1ccc(CNCC(C)C)nn1)C1CC1. The van der Waals surface area contributed by atoms with Gasteiger partial charge in [-0.05, 0) is 43.9 Å². The van der Waals surface area contributed by atoms with Gasteiger partial charge in [-0.25, -0.2) is 0 Å². The standard InChI is InChI=1S/C16H28N4/c1-4-5-10-20(15-7-8-15)16-9-6-14(18-19-16)12-17-11-13(2)3/h6,9,13,15,17H,4-5,7-8,10-12H2,1-3H3. The highest BCUT2D eigenvalue weighted by atomic mass is 15.3. The number of anilines is 1. The smallest absolute Gasteiger partial charge is 0.151 e. The van der Waals surface area contributed by atoms with Crippen molar-refractivity contribution in [2.45, 2.75) is 59.0 Å². The van der Waals surface area contributed by atoms with Crippen molar-refractivity contribution in [1.82, 2.24) is 15.5 Å². The van der Waals surface area contributed by atoms with Crippen LogP contribution in [-0.4, -0.2) is 29.3 Å². The van der Waals surface area contributed by atoms with Gasteiger partial charge in [-0.2, -0.15) is 5.10 Å². The van der Waals surface area contributed by atoms with E-state index in [9.17, 15) is 0 Å². The number of hydrogen-bond acceptors (Lipinski definition) is 4. The summed E-state index contributed by atoms with van der Waals surface area (Å²) in [7, 11) is 0. The molecule has 0 aromatic carbocycles. The van der Waals surface area contributed by atoms with E-state index in [1.165, 1.54) is 25.7 Å². The van der Waals surface area contributed by atoms with Crippen LogP contribution in [0, 0.1) is 5.92 Å². The molecule has 1 saturated carbocycles. The van der Waals surface area contributed by atoms with Crippen LogP contribution >= 0.6 is 0 Å². The van der Waals surface area contributed by atoms with E-state index in [-0.39, 0.29) is 0 Å². The molecule has 1 aromatic heterocycles.